The Hall–Kier alpha value is -1.85. The van der Waals surface area contributed by atoms with Gasteiger partial charge in [-0.15, -0.1) is 0 Å². The van der Waals surface area contributed by atoms with E-state index < -0.39 is 0 Å². The Morgan fingerprint density at radius 1 is 1.50 bits per heavy atom. The summed E-state index contributed by atoms with van der Waals surface area (Å²) in [6.07, 6.45) is 0.474. The molecule has 0 fully saturated rings. The number of anilines is 1. The monoisotopic (exact) mass is 251 g/mol. The first-order chi connectivity index (χ1) is 8.43. The molecule has 0 bridgehead atoms. The molecule has 0 aliphatic heterocycles. The van der Waals surface area contributed by atoms with Gasteiger partial charge in [0.2, 0.25) is 5.95 Å². The van der Waals surface area contributed by atoms with Gasteiger partial charge in [-0.2, -0.15) is 0 Å². The van der Waals surface area contributed by atoms with Gasteiger partial charge < -0.3 is 15.8 Å². The zero-order valence-corrected chi connectivity index (χ0v) is 11.4. The molecule has 1 aromatic heterocycles. The Morgan fingerprint density at radius 2 is 2.17 bits per heavy atom. The van der Waals surface area contributed by atoms with Gasteiger partial charge in [-0.1, -0.05) is 19.0 Å². The average molecular weight is 251 g/mol. The van der Waals surface area contributed by atoms with Crippen LogP contribution in [0.25, 0.3) is 0 Å². The van der Waals surface area contributed by atoms with Crippen molar-refractivity contribution in [2.45, 2.75) is 33.1 Å². The van der Waals surface area contributed by atoms with Crippen LogP contribution in [-0.4, -0.2) is 34.6 Å². The van der Waals surface area contributed by atoms with Gasteiger partial charge >= 0.3 is 0 Å². The fourth-order valence-corrected chi connectivity index (χ4v) is 1.48. The normalized spacial score (nSPS) is 11.9. The van der Waals surface area contributed by atoms with Crippen molar-refractivity contribution in [3.05, 3.63) is 17.5 Å². The molecule has 100 valence electrons. The predicted octanol–water partition coefficient (Wildman–Crippen LogP) is 1.48. The lowest BCUT2D eigenvalue weighted by molar-refractivity contribution is 0.317. The van der Waals surface area contributed by atoms with E-state index >= 15 is 0 Å². The molecule has 0 unspecified atom stereocenters. The quantitative estimate of drug-likeness (QED) is 0.358. The third kappa shape index (κ3) is 3.87. The average Bonchev–Trinajstić information content (AvgIpc) is 2.34. The zero-order valence-electron chi connectivity index (χ0n) is 11.4. The van der Waals surface area contributed by atoms with Gasteiger partial charge in [0.15, 0.2) is 0 Å². The molecule has 0 aliphatic rings. The van der Waals surface area contributed by atoms with Crippen molar-refractivity contribution in [1.82, 2.24) is 9.97 Å². The molecule has 1 aromatic rings. The minimum Gasteiger partial charge on any atom is -0.409 e. The van der Waals surface area contributed by atoms with E-state index in [1.807, 2.05) is 24.9 Å². The van der Waals surface area contributed by atoms with Crippen LogP contribution in [0.2, 0.25) is 0 Å². The summed E-state index contributed by atoms with van der Waals surface area (Å²) in [4.78, 5) is 10.8. The molecule has 6 heteroatoms. The summed E-state index contributed by atoms with van der Waals surface area (Å²) in [6, 6.07) is 1.99. The SMILES string of the molecule is Cc1cc(C(C)C)nc(N(C)CC/C(N)=N/O)n1. The highest BCUT2D eigenvalue weighted by Gasteiger charge is 2.10. The first-order valence-electron chi connectivity index (χ1n) is 5.97. The van der Waals surface area contributed by atoms with Gasteiger partial charge in [0.25, 0.3) is 0 Å². The molecule has 0 saturated carbocycles. The number of aromatic nitrogens is 2. The first kappa shape index (κ1) is 14.2. The lowest BCUT2D eigenvalue weighted by Gasteiger charge is -2.18. The van der Waals surface area contributed by atoms with E-state index in [1.54, 1.807) is 0 Å². The largest absolute Gasteiger partial charge is 0.409 e. The molecule has 0 amide bonds. The fourth-order valence-electron chi connectivity index (χ4n) is 1.48. The molecule has 3 N–H and O–H groups in total. The topological polar surface area (TPSA) is 87.6 Å². The second kappa shape index (κ2) is 6.18. The maximum Gasteiger partial charge on any atom is 0.225 e. The van der Waals surface area contributed by atoms with Gasteiger partial charge in [0.05, 0.1) is 0 Å². The number of nitrogens with two attached hydrogens (primary N) is 1. The molecule has 6 nitrogen and oxygen atoms in total. The van der Waals surface area contributed by atoms with E-state index in [-0.39, 0.29) is 5.84 Å². The van der Waals surface area contributed by atoms with Crippen molar-refractivity contribution in [1.29, 1.82) is 0 Å². The molecule has 1 rings (SSSR count). The van der Waals surface area contributed by atoms with Crippen LogP contribution >= 0.6 is 0 Å². The van der Waals surface area contributed by atoms with Gasteiger partial charge in [-0.3, -0.25) is 0 Å². The summed E-state index contributed by atoms with van der Waals surface area (Å²) in [5.41, 5.74) is 7.41. The van der Waals surface area contributed by atoms with Crippen LogP contribution in [0.4, 0.5) is 5.95 Å². The summed E-state index contributed by atoms with van der Waals surface area (Å²) in [5, 5.41) is 11.4. The highest BCUT2D eigenvalue weighted by Crippen LogP contribution is 2.16. The number of rotatable bonds is 5. The number of hydrogen-bond donors (Lipinski definition) is 2. The molecular formula is C12H21N5O. The predicted molar refractivity (Wildman–Crippen MR) is 72.2 cm³/mol. The van der Waals surface area contributed by atoms with Crippen LogP contribution < -0.4 is 10.6 Å². The lowest BCUT2D eigenvalue weighted by atomic mass is 10.1. The molecule has 0 aliphatic carbocycles. The standard InChI is InChI=1S/C12H21N5O/c1-8(2)10-7-9(3)14-12(15-10)17(4)6-5-11(13)16-18/h7-8,18H,5-6H2,1-4H3,(H2,13,16). The van der Waals surface area contributed by atoms with Gasteiger partial charge in [0, 0.05) is 31.4 Å². The van der Waals surface area contributed by atoms with E-state index in [0.29, 0.717) is 24.8 Å². The highest BCUT2D eigenvalue weighted by atomic mass is 16.4. The van der Waals surface area contributed by atoms with Crippen molar-refractivity contribution in [2.24, 2.45) is 10.9 Å². The van der Waals surface area contributed by atoms with Gasteiger partial charge in [-0.25, -0.2) is 9.97 Å². The zero-order chi connectivity index (χ0) is 13.7. The number of hydrogen-bond acceptors (Lipinski definition) is 5. The molecule has 1 heterocycles. The number of amidine groups is 1. The van der Waals surface area contributed by atoms with Crippen LogP contribution in [0.15, 0.2) is 11.2 Å². The van der Waals surface area contributed by atoms with Crippen LogP contribution in [-0.2, 0) is 0 Å². The molecule has 0 aromatic carbocycles. The third-order valence-corrected chi connectivity index (χ3v) is 2.63. The second-order valence-electron chi connectivity index (χ2n) is 4.65. The summed E-state index contributed by atoms with van der Waals surface area (Å²) in [6.45, 7) is 6.76. The van der Waals surface area contributed by atoms with Crippen LogP contribution in [0, 0.1) is 6.92 Å². The van der Waals surface area contributed by atoms with Crippen molar-refractivity contribution in [3.8, 4) is 0 Å². The van der Waals surface area contributed by atoms with Gasteiger partial charge in [0.1, 0.15) is 5.84 Å². The van der Waals surface area contributed by atoms with Crippen molar-refractivity contribution < 1.29 is 5.21 Å². The summed E-state index contributed by atoms with van der Waals surface area (Å²) in [5.74, 6) is 1.24. The highest BCUT2D eigenvalue weighted by molar-refractivity contribution is 5.80. The van der Waals surface area contributed by atoms with E-state index in [2.05, 4.69) is 29.0 Å². The Morgan fingerprint density at radius 3 is 2.72 bits per heavy atom. The molecule has 0 saturated heterocycles. The first-order valence-corrected chi connectivity index (χ1v) is 5.97. The number of aryl methyl sites for hydroxylation is 1. The molecule has 0 atom stereocenters. The number of nitrogens with zero attached hydrogens (tertiary/aromatic N) is 4. The minimum absolute atomic E-state index is 0.207. The summed E-state index contributed by atoms with van der Waals surface area (Å²) >= 11 is 0. The Bertz CT molecular complexity index is 430. The van der Waals surface area contributed by atoms with E-state index in [0.717, 1.165) is 11.4 Å². The smallest absolute Gasteiger partial charge is 0.225 e. The van der Waals surface area contributed by atoms with E-state index in [9.17, 15) is 0 Å². The van der Waals surface area contributed by atoms with E-state index in [4.69, 9.17) is 10.9 Å². The van der Waals surface area contributed by atoms with Crippen LogP contribution in [0.5, 0.6) is 0 Å². The Kier molecular flexibility index (Phi) is 4.88. The number of oxime groups is 1. The molecule has 18 heavy (non-hydrogen) atoms. The maximum absolute atomic E-state index is 8.49. The summed E-state index contributed by atoms with van der Waals surface area (Å²) < 4.78 is 0. The second-order valence-corrected chi connectivity index (χ2v) is 4.65. The minimum atomic E-state index is 0.207. The Balaban J connectivity index is 2.82. The molecule has 0 radical (unpaired) electrons. The van der Waals surface area contributed by atoms with Crippen LogP contribution in [0.1, 0.15) is 37.6 Å². The molecule has 0 spiro atoms. The van der Waals surface area contributed by atoms with Crippen molar-refractivity contribution in [2.75, 3.05) is 18.5 Å². The lowest BCUT2D eigenvalue weighted by Crippen LogP contribution is -2.26. The van der Waals surface area contributed by atoms with E-state index in [1.165, 1.54) is 0 Å². The third-order valence-electron chi connectivity index (χ3n) is 2.63. The fraction of sp³-hybridized carbons (Fsp3) is 0.583. The van der Waals surface area contributed by atoms with Gasteiger partial charge in [-0.05, 0) is 18.9 Å². The van der Waals surface area contributed by atoms with Crippen LogP contribution in [0.3, 0.4) is 0 Å². The maximum atomic E-state index is 8.49. The van der Waals surface area contributed by atoms with Crippen molar-refractivity contribution in [3.63, 3.8) is 0 Å². The van der Waals surface area contributed by atoms with Crippen molar-refractivity contribution >= 4 is 11.8 Å². The molecular weight excluding hydrogens is 230 g/mol. The summed E-state index contributed by atoms with van der Waals surface area (Å²) in [7, 11) is 1.89. The Labute approximate surface area is 108 Å².